The van der Waals surface area contributed by atoms with Crippen molar-refractivity contribution in [2.45, 2.75) is 41.5 Å². The molecule has 0 atom stereocenters. The average molecular weight is 426 g/mol. The highest BCUT2D eigenvalue weighted by Crippen LogP contribution is 2.56. The molecule has 0 aliphatic carbocycles. The zero-order valence-corrected chi connectivity index (χ0v) is 18.4. The number of rotatable bonds is 12. The third kappa shape index (κ3) is 4.36. The lowest BCUT2D eigenvalue weighted by Crippen LogP contribution is -2.31. The van der Waals surface area contributed by atoms with Crippen LogP contribution in [-0.2, 0) is 0 Å². The van der Waals surface area contributed by atoms with E-state index in [0.717, 1.165) is 0 Å². The molecule has 0 amide bonds. The van der Waals surface area contributed by atoms with E-state index in [0.29, 0.717) is 0 Å². The zero-order valence-electron chi connectivity index (χ0n) is 18.4. The van der Waals surface area contributed by atoms with Crippen LogP contribution in [0.3, 0.4) is 0 Å². The van der Waals surface area contributed by atoms with Gasteiger partial charge in [0.05, 0.1) is 14.8 Å². The predicted molar refractivity (Wildman–Crippen MR) is 117 cm³/mol. The minimum atomic E-state index is -0.743. The minimum absolute atomic E-state index is 0.190. The molecular formula is C18H30N6O6. The van der Waals surface area contributed by atoms with Gasteiger partial charge >= 0.3 is 17.1 Å². The van der Waals surface area contributed by atoms with E-state index < -0.39 is 31.8 Å². The van der Waals surface area contributed by atoms with Crippen molar-refractivity contribution in [2.24, 2.45) is 0 Å². The summed E-state index contributed by atoms with van der Waals surface area (Å²) < 4.78 is 0. The van der Waals surface area contributed by atoms with Gasteiger partial charge in [0.1, 0.15) is 0 Å². The number of nitrogens with zero attached hydrogens (tertiary/aromatic N) is 6. The van der Waals surface area contributed by atoms with E-state index in [2.05, 4.69) is 0 Å². The lowest BCUT2D eigenvalue weighted by atomic mass is 10.0. The van der Waals surface area contributed by atoms with Crippen LogP contribution in [0, 0.1) is 30.3 Å². The molecule has 0 heterocycles. The van der Waals surface area contributed by atoms with Gasteiger partial charge in [0.2, 0.25) is 0 Å². The van der Waals surface area contributed by atoms with Crippen LogP contribution in [0.2, 0.25) is 0 Å². The van der Waals surface area contributed by atoms with Crippen LogP contribution in [0.1, 0.15) is 41.5 Å². The fraction of sp³-hybridized carbons (Fsp3) is 0.667. The van der Waals surface area contributed by atoms with Crippen molar-refractivity contribution < 1.29 is 14.8 Å². The van der Waals surface area contributed by atoms with E-state index >= 15 is 0 Å². The molecule has 0 fully saturated rings. The zero-order chi connectivity index (χ0) is 23.2. The van der Waals surface area contributed by atoms with E-state index in [4.69, 9.17) is 0 Å². The predicted octanol–water partition coefficient (Wildman–Crippen LogP) is 3.95. The Hall–Kier alpha value is -3.18. The molecule has 1 rings (SSSR count). The summed E-state index contributed by atoms with van der Waals surface area (Å²) in [5.74, 6) is 0. The van der Waals surface area contributed by atoms with Crippen molar-refractivity contribution >= 4 is 34.1 Å². The molecule has 0 saturated carbocycles. The molecule has 0 unspecified atom stereocenters. The average Bonchev–Trinajstić information content (AvgIpc) is 2.69. The first-order valence-electron chi connectivity index (χ1n) is 10.1. The van der Waals surface area contributed by atoms with Gasteiger partial charge in [-0.15, -0.1) is 0 Å². The van der Waals surface area contributed by atoms with Crippen molar-refractivity contribution in [1.82, 2.24) is 0 Å². The van der Waals surface area contributed by atoms with Crippen LogP contribution in [0.15, 0.2) is 0 Å². The normalized spacial score (nSPS) is 10.6. The highest BCUT2D eigenvalue weighted by atomic mass is 16.6. The molecule has 0 N–H and O–H groups in total. The fourth-order valence-corrected chi connectivity index (χ4v) is 3.71. The van der Waals surface area contributed by atoms with Crippen LogP contribution < -0.4 is 14.7 Å². The van der Waals surface area contributed by atoms with E-state index in [9.17, 15) is 30.3 Å². The maximum absolute atomic E-state index is 12.2. The Balaban J connectivity index is 4.52. The lowest BCUT2D eigenvalue weighted by Gasteiger charge is -2.29. The Labute approximate surface area is 175 Å². The Morgan fingerprint density at radius 1 is 0.500 bits per heavy atom. The first-order valence-corrected chi connectivity index (χ1v) is 10.1. The molecule has 0 aliphatic rings. The number of benzene rings is 1. The molecule has 0 radical (unpaired) electrons. The summed E-state index contributed by atoms with van der Waals surface area (Å²) in [4.78, 5) is 38.8. The largest absolute Gasteiger partial charge is 0.361 e. The molecule has 0 aliphatic heterocycles. The van der Waals surface area contributed by atoms with Crippen molar-refractivity contribution in [1.29, 1.82) is 0 Å². The number of hydrogen-bond donors (Lipinski definition) is 0. The third-order valence-electron chi connectivity index (χ3n) is 5.13. The Bertz CT molecular complexity index is 677. The fourth-order valence-electron chi connectivity index (χ4n) is 3.71. The Kier molecular flexibility index (Phi) is 8.75. The lowest BCUT2D eigenvalue weighted by molar-refractivity contribution is -0.399. The molecule has 12 heteroatoms. The third-order valence-corrected chi connectivity index (χ3v) is 5.13. The molecule has 0 bridgehead atoms. The second-order valence-electron chi connectivity index (χ2n) is 6.38. The topological polar surface area (TPSA) is 139 Å². The summed E-state index contributed by atoms with van der Waals surface area (Å²) in [6.07, 6.45) is 0. The molecule has 30 heavy (non-hydrogen) atoms. The molecule has 0 saturated heterocycles. The van der Waals surface area contributed by atoms with Crippen molar-refractivity contribution in [2.75, 3.05) is 54.0 Å². The Morgan fingerprint density at radius 3 is 0.767 bits per heavy atom. The molecule has 1 aromatic carbocycles. The van der Waals surface area contributed by atoms with Gasteiger partial charge in [-0.2, -0.15) is 0 Å². The summed E-state index contributed by atoms with van der Waals surface area (Å²) in [5.41, 5.74) is -2.37. The quantitative estimate of drug-likeness (QED) is 0.359. The summed E-state index contributed by atoms with van der Waals surface area (Å²) in [7, 11) is 0. The van der Waals surface area contributed by atoms with Crippen LogP contribution >= 0.6 is 0 Å². The summed E-state index contributed by atoms with van der Waals surface area (Å²) in [6.45, 7) is 12.0. The molecular weight excluding hydrogens is 396 g/mol. The highest BCUT2D eigenvalue weighted by Gasteiger charge is 2.46. The van der Waals surface area contributed by atoms with Crippen LogP contribution in [0.5, 0.6) is 0 Å². The number of hydrogen-bond acceptors (Lipinski definition) is 9. The molecule has 168 valence electrons. The SMILES string of the molecule is CCN(CC)c1c([N+](=O)[O-])c(N(CC)CC)c([N+](=O)[O-])c(N(CC)CC)c1[N+](=O)[O-]. The van der Waals surface area contributed by atoms with Gasteiger partial charge in [0, 0.05) is 39.3 Å². The van der Waals surface area contributed by atoms with Crippen molar-refractivity contribution in [3.8, 4) is 0 Å². The Morgan fingerprint density at radius 2 is 0.667 bits per heavy atom. The maximum Gasteiger partial charge on any atom is 0.330 e. The van der Waals surface area contributed by atoms with Gasteiger partial charge in [-0.3, -0.25) is 30.3 Å². The van der Waals surface area contributed by atoms with Crippen molar-refractivity contribution in [3.63, 3.8) is 0 Å². The van der Waals surface area contributed by atoms with Gasteiger partial charge < -0.3 is 14.7 Å². The van der Waals surface area contributed by atoms with Gasteiger partial charge in [0.25, 0.3) is 0 Å². The minimum Gasteiger partial charge on any atom is -0.361 e. The molecule has 0 aromatic heterocycles. The second-order valence-corrected chi connectivity index (χ2v) is 6.38. The smallest absolute Gasteiger partial charge is 0.330 e. The number of nitro groups is 3. The first-order chi connectivity index (χ1) is 14.2. The first kappa shape index (κ1) is 24.9. The van der Waals surface area contributed by atoms with E-state index in [1.165, 1.54) is 14.7 Å². The van der Waals surface area contributed by atoms with Gasteiger partial charge in [-0.1, -0.05) is 0 Å². The molecule has 12 nitrogen and oxygen atoms in total. The van der Waals surface area contributed by atoms with Crippen molar-refractivity contribution in [3.05, 3.63) is 30.3 Å². The maximum atomic E-state index is 12.2. The van der Waals surface area contributed by atoms with Crippen LogP contribution in [0.4, 0.5) is 34.1 Å². The molecule has 1 aromatic rings. The van der Waals surface area contributed by atoms with Crippen LogP contribution in [-0.4, -0.2) is 54.0 Å². The van der Waals surface area contributed by atoms with Gasteiger partial charge in [0.15, 0.2) is 17.1 Å². The summed E-state index contributed by atoms with van der Waals surface area (Å²) in [6, 6.07) is 0. The van der Waals surface area contributed by atoms with Gasteiger partial charge in [-0.05, 0) is 41.5 Å². The number of nitro benzene ring substituents is 3. The summed E-state index contributed by atoms with van der Waals surface area (Å²) >= 11 is 0. The molecule has 0 spiro atoms. The second kappa shape index (κ2) is 10.6. The highest BCUT2D eigenvalue weighted by molar-refractivity contribution is 6.01. The number of anilines is 3. The summed E-state index contributed by atoms with van der Waals surface area (Å²) in [5, 5.41) is 36.5. The van der Waals surface area contributed by atoms with E-state index in [1.54, 1.807) is 41.5 Å². The van der Waals surface area contributed by atoms with E-state index in [-0.39, 0.29) is 56.3 Å². The van der Waals surface area contributed by atoms with Gasteiger partial charge in [-0.25, -0.2) is 0 Å². The van der Waals surface area contributed by atoms with E-state index in [1.807, 2.05) is 0 Å². The monoisotopic (exact) mass is 426 g/mol. The van der Waals surface area contributed by atoms with Crippen LogP contribution in [0.25, 0.3) is 0 Å². The standard InChI is InChI=1S/C18H30N6O6/c1-7-19(8-2)13-16(22(25)26)14(20(9-3)10-4)18(24(29)30)15(17(13)23(27)28)21(11-5)12-6/h7-12H2,1-6H3.